The standard InChI is InChI=1S/C33H30FN7O6/c1-21(34)13-16-45-32(42)26-17-23(19-35)11-12-27(26)47-31-28(41(43)44)29(37-20-22-7-4-3-5-8-22)38-33(39-31)46-25-10-6-9-24(18-25)30-36-14-15-40(30)2/h3-12,17-18,21H,13-16,20H2,1-2H3,(H,37,38,39). The second-order valence-corrected chi connectivity index (χ2v) is 10.5. The molecule has 5 rings (SSSR count). The lowest BCUT2D eigenvalue weighted by Gasteiger charge is -2.15. The fourth-order valence-electron chi connectivity index (χ4n) is 4.59. The molecule has 1 unspecified atom stereocenters. The highest BCUT2D eigenvalue weighted by molar-refractivity contribution is 6.00. The zero-order valence-electron chi connectivity index (χ0n) is 25.6. The number of hydrogen-bond donors (Lipinski definition) is 1. The lowest BCUT2D eigenvalue weighted by atomic mass is 10.1. The highest BCUT2D eigenvalue weighted by atomic mass is 19.1. The van der Waals surface area contributed by atoms with E-state index in [9.17, 15) is 24.6 Å². The summed E-state index contributed by atoms with van der Waals surface area (Å²) in [4.78, 5) is 39.8. The molecule has 1 aromatic heterocycles. The van der Waals surface area contributed by atoms with E-state index in [1.165, 1.54) is 25.1 Å². The van der Waals surface area contributed by atoms with Crippen molar-refractivity contribution < 1.29 is 28.3 Å². The predicted octanol–water partition coefficient (Wildman–Crippen LogP) is 6.05. The minimum absolute atomic E-state index is 0.0424. The number of hydrogen-bond acceptors (Lipinski definition) is 12. The molecule has 0 fully saturated rings. The van der Waals surface area contributed by atoms with Gasteiger partial charge in [-0.05, 0) is 42.8 Å². The minimum Gasteiger partial charge on any atom is -0.462 e. The SMILES string of the molecule is CC(F)CCOC(=O)c1cc(C#N)ccc1Oc1nc(Oc2cccc(C3=NCCN3C)c2)nc(NCc2ccccc2)c1[N+](=O)[O-]. The van der Waals surface area contributed by atoms with Crippen LogP contribution in [0.3, 0.4) is 0 Å². The van der Waals surface area contributed by atoms with Crippen LogP contribution >= 0.6 is 0 Å². The smallest absolute Gasteiger partial charge is 0.373 e. The Labute approximate surface area is 269 Å². The van der Waals surface area contributed by atoms with Crippen molar-refractivity contribution >= 4 is 23.3 Å². The number of ether oxygens (including phenoxy) is 3. The van der Waals surface area contributed by atoms with Gasteiger partial charge in [0.2, 0.25) is 5.82 Å². The number of benzene rings is 3. The number of nitro groups is 1. The van der Waals surface area contributed by atoms with E-state index in [0.717, 1.165) is 23.5 Å². The van der Waals surface area contributed by atoms with Crippen LogP contribution in [-0.2, 0) is 11.3 Å². The monoisotopic (exact) mass is 639 g/mol. The lowest BCUT2D eigenvalue weighted by Crippen LogP contribution is -2.23. The summed E-state index contributed by atoms with van der Waals surface area (Å²) in [6, 6.07) is 21.7. The first-order chi connectivity index (χ1) is 22.7. The molecule has 1 aliphatic rings. The molecule has 0 aliphatic carbocycles. The van der Waals surface area contributed by atoms with Crippen LogP contribution in [0, 0.1) is 21.4 Å². The molecule has 0 amide bonds. The van der Waals surface area contributed by atoms with Crippen molar-refractivity contribution in [2.75, 3.05) is 32.1 Å². The fourth-order valence-corrected chi connectivity index (χ4v) is 4.59. The Bertz CT molecular complexity index is 1850. The van der Waals surface area contributed by atoms with Crippen molar-refractivity contribution in [3.63, 3.8) is 0 Å². The summed E-state index contributed by atoms with van der Waals surface area (Å²) >= 11 is 0. The number of amidine groups is 1. The fraction of sp³-hybridized carbons (Fsp3) is 0.242. The zero-order valence-corrected chi connectivity index (χ0v) is 25.6. The number of alkyl halides is 1. The summed E-state index contributed by atoms with van der Waals surface area (Å²) in [7, 11) is 1.93. The number of halogens is 1. The van der Waals surface area contributed by atoms with Crippen LogP contribution in [0.4, 0.5) is 15.9 Å². The van der Waals surface area contributed by atoms with Gasteiger partial charge in [0, 0.05) is 32.1 Å². The number of aromatic nitrogens is 2. The molecule has 3 aromatic carbocycles. The lowest BCUT2D eigenvalue weighted by molar-refractivity contribution is -0.385. The number of carbonyl (C=O) groups excluding carboxylic acids is 1. The quantitative estimate of drug-likeness (QED) is 0.103. The number of aliphatic imine (C=N–C) groups is 1. The van der Waals surface area contributed by atoms with Gasteiger partial charge in [-0.15, -0.1) is 0 Å². The summed E-state index contributed by atoms with van der Waals surface area (Å²) in [5.74, 6) is -0.717. The Balaban J connectivity index is 1.54. The first-order valence-electron chi connectivity index (χ1n) is 14.6. The van der Waals surface area contributed by atoms with Gasteiger partial charge in [-0.2, -0.15) is 15.2 Å². The van der Waals surface area contributed by atoms with Crippen LogP contribution in [0.2, 0.25) is 0 Å². The average molecular weight is 640 g/mol. The van der Waals surface area contributed by atoms with Crippen LogP contribution in [-0.4, -0.2) is 64.5 Å². The number of esters is 1. The van der Waals surface area contributed by atoms with Crippen LogP contribution in [0.25, 0.3) is 0 Å². The van der Waals surface area contributed by atoms with Gasteiger partial charge in [-0.25, -0.2) is 9.18 Å². The topological polar surface area (TPSA) is 165 Å². The molecule has 240 valence electrons. The third-order valence-corrected chi connectivity index (χ3v) is 6.96. The van der Waals surface area contributed by atoms with Gasteiger partial charge in [-0.1, -0.05) is 42.5 Å². The molecule has 0 bridgehead atoms. The van der Waals surface area contributed by atoms with Gasteiger partial charge >= 0.3 is 23.5 Å². The number of nitrogens with zero attached hydrogens (tertiary/aromatic N) is 6. The highest BCUT2D eigenvalue weighted by Gasteiger charge is 2.30. The predicted molar refractivity (Wildman–Crippen MR) is 170 cm³/mol. The van der Waals surface area contributed by atoms with Gasteiger partial charge < -0.3 is 24.4 Å². The van der Waals surface area contributed by atoms with Crippen LogP contribution in [0.15, 0.2) is 77.8 Å². The molecular weight excluding hydrogens is 609 g/mol. The first kappa shape index (κ1) is 32.3. The first-order valence-corrected chi connectivity index (χ1v) is 14.6. The van der Waals surface area contributed by atoms with Crippen molar-refractivity contribution in [2.45, 2.75) is 26.1 Å². The van der Waals surface area contributed by atoms with Gasteiger partial charge in [0.1, 0.15) is 29.1 Å². The number of nitriles is 1. The van der Waals surface area contributed by atoms with E-state index in [2.05, 4.69) is 20.3 Å². The summed E-state index contributed by atoms with van der Waals surface area (Å²) in [6.45, 7) is 2.71. The van der Waals surface area contributed by atoms with Gasteiger partial charge in [0.05, 0.1) is 29.7 Å². The van der Waals surface area contributed by atoms with E-state index in [1.54, 1.807) is 18.2 Å². The molecule has 1 atom stereocenters. The zero-order chi connectivity index (χ0) is 33.3. The second-order valence-electron chi connectivity index (χ2n) is 10.5. The van der Waals surface area contributed by atoms with E-state index >= 15 is 0 Å². The van der Waals surface area contributed by atoms with Crippen molar-refractivity contribution in [1.29, 1.82) is 5.26 Å². The summed E-state index contributed by atoms with van der Waals surface area (Å²) in [6.07, 6.45) is -1.25. The normalized spacial score (nSPS) is 12.9. The Hall–Kier alpha value is -6.10. The Morgan fingerprint density at radius 3 is 2.64 bits per heavy atom. The Morgan fingerprint density at radius 2 is 1.94 bits per heavy atom. The maximum atomic E-state index is 13.3. The number of rotatable bonds is 13. The Kier molecular flexibility index (Phi) is 10.2. The molecule has 0 radical (unpaired) electrons. The molecule has 14 heteroatoms. The van der Waals surface area contributed by atoms with Crippen LogP contribution < -0.4 is 14.8 Å². The third-order valence-electron chi connectivity index (χ3n) is 6.96. The number of nitrogens with one attached hydrogen (secondary N) is 1. The Morgan fingerprint density at radius 1 is 1.13 bits per heavy atom. The molecule has 0 saturated heterocycles. The molecule has 1 aliphatic heterocycles. The third kappa shape index (κ3) is 8.14. The number of carbonyl (C=O) groups is 1. The number of anilines is 1. The van der Waals surface area contributed by atoms with Crippen molar-refractivity contribution in [2.24, 2.45) is 4.99 Å². The molecule has 13 nitrogen and oxygen atoms in total. The van der Waals surface area contributed by atoms with Crippen molar-refractivity contribution in [3.05, 3.63) is 105 Å². The van der Waals surface area contributed by atoms with Crippen LogP contribution in [0.5, 0.6) is 23.4 Å². The van der Waals surface area contributed by atoms with Crippen molar-refractivity contribution in [1.82, 2.24) is 14.9 Å². The molecule has 4 aromatic rings. The van der Waals surface area contributed by atoms with Gasteiger partial charge in [-0.3, -0.25) is 15.1 Å². The molecule has 0 saturated carbocycles. The summed E-state index contributed by atoms with van der Waals surface area (Å²) in [5, 5.41) is 24.8. The van der Waals surface area contributed by atoms with Gasteiger partial charge in [0.25, 0.3) is 0 Å². The average Bonchev–Trinajstić information content (AvgIpc) is 3.49. The highest BCUT2D eigenvalue weighted by Crippen LogP contribution is 2.39. The van der Waals surface area contributed by atoms with E-state index in [0.29, 0.717) is 12.3 Å². The van der Waals surface area contributed by atoms with Gasteiger partial charge in [0.15, 0.2) is 0 Å². The summed E-state index contributed by atoms with van der Waals surface area (Å²) < 4.78 is 30.4. The largest absolute Gasteiger partial charge is 0.462 e. The van der Waals surface area contributed by atoms with Crippen molar-refractivity contribution in [3.8, 4) is 29.5 Å². The van der Waals surface area contributed by atoms with E-state index in [4.69, 9.17) is 14.2 Å². The van der Waals surface area contributed by atoms with E-state index < -0.39 is 28.6 Å². The second kappa shape index (κ2) is 14.8. The maximum absolute atomic E-state index is 13.3. The molecule has 47 heavy (non-hydrogen) atoms. The van der Waals surface area contributed by atoms with Crippen LogP contribution in [0.1, 0.15) is 40.4 Å². The van der Waals surface area contributed by atoms with E-state index in [1.807, 2.05) is 54.4 Å². The molecule has 2 heterocycles. The molecule has 1 N–H and O–H groups in total. The molecule has 0 spiro atoms. The minimum atomic E-state index is -1.21. The number of likely N-dealkylation sites (N-methyl/N-ethyl adjacent to an activating group) is 1. The molecular formula is C33H30FN7O6. The summed E-state index contributed by atoms with van der Waals surface area (Å²) in [5.41, 5.74) is 0.884. The maximum Gasteiger partial charge on any atom is 0.373 e. The van der Waals surface area contributed by atoms with E-state index in [-0.39, 0.29) is 48.3 Å².